The summed E-state index contributed by atoms with van der Waals surface area (Å²) in [5.74, 6) is -0.168. The van der Waals surface area contributed by atoms with E-state index in [1.807, 2.05) is 24.5 Å². The van der Waals surface area contributed by atoms with Crippen molar-refractivity contribution in [1.82, 2.24) is 9.88 Å². The highest BCUT2D eigenvalue weighted by Crippen LogP contribution is 2.31. The molecule has 3 rings (SSSR count). The third-order valence-corrected chi connectivity index (χ3v) is 5.52. The number of carbonyl (C=O) groups excluding carboxylic acids is 1. The first-order valence-corrected chi connectivity index (χ1v) is 10.3. The maximum Gasteiger partial charge on any atom is 0.258 e. The van der Waals surface area contributed by atoms with Crippen molar-refractivity contribution >= 4 is 40.6 Å². The molecule has 1 aliphatic rings. The van der Waals surface area contributed by atoms with E-state index in [0.29, 0.717) is 15.6 Å². The average molecular weight is 391 g/mol. The van der Waals surface area contributed by atoms with Crippen molar-refractivity contribution in [2.45, 2.75) is 11.9 Å². The normalized spacial score (nSPS) is 15.1. The second kappa shape index (κ2) is 8.75. The zero-order valence-corrected chi connectivity index (χ0v) is 16.6. The fourth-order valence-corrected chi connectivity index (χ4v) is 3.82. The highest BCUT2D eigenvalue weighted by Gasteiger charge is 2.20. The van der Waals surface area contributed by atoms with E-state index in [0.717, 1.165) is 44.1 Å². The number of likely N-dealkylation sites (N-methyl/N-ethyl adjacent to an activating group) is 1. The summed E-state index contributed by atoms with van der Waals surface area (Å²) < 4.78 is 0. The monoisotopic (exact) mass is 390 g/mol. The van der Waals surface area contributed by atoms with Crippen LogP contribution >= 0.6 is 23.4 Å². The molecular formula is C19H23ClN4OS. The molecule has 0 saturated carbocycles. The van der Waals surface area contributed by atoms with Gasteiger partial charge in [0.05, 0.1) is 16.9 Å². The minimum absolute atomic E-state index is 0.168. The molecule has 0 bridgehead atoms. The van der Waals surface area contributed by atoms with Crippen LogP contribution in [0.1, 0.15) is 17.3 Å². The van der Waals surface area contributed by atoms with Gasteiger partial charge in [0, 0.05) is 37.4 Å². The molecule has 1 aliphatic heterocycles. The minimum Gasteiger partial charge on any atom is -0.367 e. The predicted octanol–water partition coefficient (Wildman–Crippen LogP) is 3.85. The summed E-state index contributed by atoms with van der Waals surface area (Å²) in [5, 5.41) is 4.35. The summed E-state index contributed by atoms with van der Waals surface area (Å²) in [6.07, 6.45) is 3.61. The Morgan fingerprint density at radius 2 is 2.04 bits per heavy atom. The lowest BCUT2D eigenvalue weighted by Crippen LogP contribution is -2.46. The molecule has 1 saturated heterocycles. The van der Waals surface area contributed by atoms with Crippen LogP contribution in [0.4, 0.5) is 11.4 Å². The van der Waals surface area contributed by atoms with Crippen LogP contribution in [0.5, 0.6) is 0 Å². The molecule has 0 spiro atoms. The third kappa shape index (κ3) is 4.31. The number of aromatic nitrogens is 1. The van der Waals surface area contributed by atoms with Gasteiger partial charge in [0.2, 0.25) is 0 Å². The van der Waals surface area contributed by atoms with Gasteiger partial charge in [0.1, 0.15) is 5.03 Å². The number of thioether (sulfide) groups is 1. The number of pyridine rings is 1. The molecule has 1 fully saturated rings. The molecule has 2 aromatic rings. The lowest BCUT2D eigenvalue weighted by atomic mass is 10.2. The van der Waals surface area contributed by atoms with E-state index in [9.17, 15) is 4.79 Å². The van der Waals surface area contributed by atoms with Crippen LogP contribution in [0.25, 0.3) is 0 Å². The molecule has 0 unspecified atom stereocenters. The molecule has 1 aromatic carbocycles. The quantitative estimate of drug-likeness (QED) is 0.786. The summed E-state index contributed by atoms with van der Waals surface area (Å²) in [6.45, 7) is 7.15. The van der Waals surface area contributed by atoms with Gasteiger partial charge in [0.25, 0.3) is 5.91 Å². The Bertz CT molecular complexity index is 778. The molecule has 138 valence electrons. The number of nitrogens with zero attached hydrogens (tertiary/aromatic N) is 3. The van der Waals surface area contributed by atoms with E-state index in [-0.39, 0.29) is 5.91 Å². The largest absolute Gasteiger partial charge is 0.367 e. The second-order valence-corrected chi connectivity index (χ2v) is 7.33. The molecule has 2 heterocycles. The summed E-state index contributed by atoms with van der Waals surface area (Å²) in [7, 11) is 0. The molecule has 1 aromatic heterocycles. The van der Waals surface area contributed by atoms with Gasteiger partial charge in [-0.05, 0) is 43.1 Å². The fraction of sp³-hybridized carbons (Fsp3) is 0.368. The summed E-state index contributed by atoms with van der Waals surface area (Å²) in [4.78, 5) is 21.8. The molecule has 7 heteroatoms. The van der Waals surface area contributed by atoms with Gasteiger partial charge in [-0.2, -0.15) is 0 Å². The maximum absolute atomic E-state index is 12.8. The number of hydrogen-bond donors (Lipinski definition) is 1. The van der Waals surface area contributed by atoms with Crippen molar-refractivity contribution in [3.05, 3.63) is 47.1 Å². The summed E-state index contributed by atoms with van der Waals surface area (Å²) in [6, 6.07) is 9.24. The SMILES string of the molecule is CCN1CCN(c2ccc(Cl)cc2NC(=O)c2cccnc2SC)CC1. The molecule has 1 N–H and O–H groups in total. The first-order valence-electron chi connectivity index (χ1n) is 8.69. The zero-order valence-electron chi connectivity index (χ0n) is 15.0. The number of carbonyl (C=O) groups is 1. The molecule has 0 atom stereocenters. The van der Waals surface area contributed by atoms with E-state index in [4.69, 9.17) is 11.6 Å². The van der Waals surface area contributed by atoms with E-state index >= 15 is 0 Å². The van der Waals surface area contributed by atoms with Crippen LogP contribution < -0.4 is 10.2 Å². The van der Waals surface area contributed by atoms with Crippen molar-refractivity contribution in [1.29, 1.82) is 0 Å². The number of halogens is 1. The number of piperazine rings is 1. The zero-order chi connectivity index (χ0) is 18.5. The number of anilines is 2. The predicted molar refractivity (Wildman–Crippen MR) is 110 cm³/mol. The Hall–Kier alpha value is -1.76. The molecule has 26 heavy (non-hydrogen) atoms. The van der Waals surface area contributed by atoms with Gasteiger partial charge in [0.15, 0.2) is 0 Å². The molecule has 0 radical (unpaired) electrons. The van der Waals surface area contributed by atoms with E-state index < -0.39 is 0 Å². The smallest absolute Gasteiger partial charge is 0.258 e. The van der Waals surface area contributed by atoms with Gasteiger partial charge >= 0.3 is 0 Å². The van der Waals surface area contributed by atoms with Gasteiger partial charge < -0.3 is 15.1 Å². The highest BCUT2D eigenvalue weighted by atomic mass is 35.5. The first kappa shape index (κ1) is 19.0. The molecule has 0 aliphatic carbocycles. The van der Waals surface area contributed by atoms with Crippen LogP contribution in [-0.2, 0) is 0 Å². The number of hydrogen-bond acceptors (Lipinski definition) is 5. The Balaban J connectivity index is 1.83. The van der Waals surface area contributed by atoms with Crippen molar-refractivity contribution in [3.63, 3.8) is 0 Å². The average Bonchev–Trinajstić information content (AvgIpc) is 2.68. The minimum atomic E-state index is -0.168. The van der Waals surface area contributed by atoms with E-state index in [1.165, 1.54) is 11.8 Å². The number of amides is 1. The Kier molecular flexibility index (Phi) is 6.40. The third-order valence-electron chi connectivity index (χ3n) is 4.58. The lowest BCUT2D eigenvalue weighted by Gasteiger charge is -2.36. The van der Waals surface area contributed by atoms with Crippen molar-refractivity contribution < 1.29 is 4.79 Å². The standard InChI is InChI=1S/C19H23ClN4OS/c1-3-23-9-11-24(12-10-23)17-7-6-14(20)13-16(17)22-18(25)15-5-4-8-21-19(15)26-2/h4-8,13H,3,9-12H2,1-2H3,(H,22,25). The van der Waals surface area contributed by atoms with E-state index in [1.54, 1.807) is 18.3 Å². The van der Waals surface area contributed by atoms with Crippen LogP contribution in [0.3, 0.4) is 0 Å². The summed E-state index contributed by atoms with van der Waals surface area (Å²) >= 11 is 7.65. The van der Waals surface area contributed by atoms with Crippen LogP contribution in [-0.4, -0.2) is 54.8 Å². The van der Waals surface area contributed by atoms with E-state index in [2.05, 4.69) is 27.0 Å². The summed E-state index contributed by atoms with van der Waals surface area (Å²) in [5.41, 5.74) is 2.32. The highest BCUT2D eigenvalue weighted by molar-refractivity contribution is 7.98. The van der Waals surface area contributed by atoms with Crippen molar-refractivity contribution in [3.8, 4) is 0 Å². The topological polar surface area (TPSA) is 48.5 Å². The molecule has 1 amide bonds. The molecule has 5 nitrogen and oxygen atoms in total. The first-order chi connectivity index (χ1) is 12.6. The lowest BCUT2D eigenvalue weighted by molar-refractivity contribution is 0.102. The van der Waals surface area contributed by atoms with Crippen molar-refractivity contribution in [2.24, 2.45) is 0 Å². The Morgan fingerprint density at radius 1 is 1.27 bits per heavy atom. The van der Waals surface area contributed by atoms with Gasteiger partial charge in [-0.1, -0.05) is 18.5 Å². The molecular weight excluding hydrogens is 368 g/mol. The number of benzene rings is 1. The van der Waals surface area contributed by atoms with Gasteiger partial charge in [-0.25, -0.2) is 4.98 Å². The number of nitrogens with one attached hydrogen (secondary N) is 1. The van der Waals surface area contributed by atoms with Crippen LogP contribution in [0, 0.1) is 0 Å². The number of rotatable bonds is 5. The van der Waals surface area contributed by atoms with Crippen LogP contribution in [0.2, 0.25) is 5.02 Å². The fourth-order valence-electron chi connectivity index (χ4n) is 3.11. The van der Waals surface area contributed by atoms with Gasteiger partial charge in [-0.3, -0.25) is 4.79 Å². The second-order valence-electron chi connectivity index (χ2n) is 6.10. The Labute approximate surface area is 163 Å². The van der Waals surface area contributed by atoms with Crippen molar-refractivity contribution in [2.75, 3.05) is 49.2 Å². The Morgan fingerprint density at radius 3 is 2.73 bits per heavy atom. The maximum atomic E-state index is 12.8. The van der Waals surface area contributed by atoms with Gasteiger partial charge in [-0.15, -0.1) is 11.8 Å². The van der Waals surface area contributed by atoms with Crippen LogP contribution in [0.15, 0.2) is 41.6 Å².